The van der Waals surface area contributed by atoms with Gasteiger partial charge in [0.25, 0.3) is 0 Å². The van der Waals surface area contributed by atoms with Crippen LogP contribution < -0.4 is 5.32 Å². The Kier molecular flexibility index (Phi) is 5.53. The van der Waals surface area contributed by atoms with E-state index < -0.39 is 0 Å². The number of hydrogen-bond acceptors (Lipinski definition) is 4. The Morgan fingerprint density at radius 3 is 2.57 bits per heavy atom. The molecule has 0 spiro atoms. The average molecular weight is 315 g/mol. The third-order valence-electron chi connectivity index (χ3n) is 3.33. The molecular weight excluding hydrogens is 290 g/mol. The molecule has 1 aromatic carbocycles. The van der Waals surface area contributed by atoms with Crippen LogP contribution in [0.4, 0.5) is 0 Å². The number of carbonyl (C=O) groups is 1. The highest BCUT2D eigenvalue weighted by Gasteiger charge is 2.24. The number of nitrogens with one attached hydrogen (secondary N) is 1. The highest BCUT2D eigenvalue weighted by Crippen LogP contribution is 2.23. The molecule has 2 rings (SSSR count). The van der Waals surface area contributed by atoms with Crippen LogP contribution in [0.15, 0.2) is 34.9 Å². The quantitative estimate of drug-likeness (QED) is 0.883. The normalized spacial score (nSPS) is 12.9. The molecule has 1 N–H and O–H groups in total. The standard InChI is InChI=1S/C18H25N3O2/c1-5-9-15-20-17(21-23-15)16(13-10-7-6-8-11-13)19-14(22)12-18(2,3)4/h6-8,10-11,16H,5,9,12H2,1-4H3,(H,19,22)/t16-/m0/s1. The van der Waals surface area contributed by atoms with Crippen molar-refractivity contribution in [1.29, 1.82) is 0 Å². The van der Waals surface area contributed by atoms with Crippen molar-refractivity contribution in [3.05, 3.63) is 47.6 Å². The zero-order valence-corrected chi connectivity index (χ0v) is 14.3. The van der Waals surface area contributed by atoms with Gasteiger partial charge in [0.05, 0.1) is 0 Å². The number of nitrogens with zero attached hydrogens (tertiary/aromatic N) is 2. The summed E-state index contributed by atoms with van der Waals surface area (Å²) in [4.78, 5) is 16.8. The first-order valence-electron chi connectivity index (χ1n) is 8.06. The second kappa shape index (κ2) is 7.40. The number of hydrogen-bond donors (Lipinski definition) is 1. The van der Waals surface area contributed by atoms with Crippen molar-refractivity contribution in [2.75, 3.05) is 0 Å². The summed E-state index contributed by atoms with van der Waals surface area (Å²) < 4.78 is 5.28. The number of aryl methyl sites for hydroxylation is 1. The molecule has 0 aliphatic rings. The van der Waals surface area contributed by atoms with Gasteiger partial charge in [0.1, 0.15) is 6.04 Å². The lowest BCUT2D eigenvalue weighted by molar-refractivity contribution is -0.123. The molecule has 0 bridgehead atoms. The fourth-order valence-electron chi connectivity index (χ4n) is 2.34. The van der Waals surface area contributed by atoms with E-state index in [4.69, 9.17) is 4.52 Å². The molecule has 124 valence electrons. The van der Waals surface area contributed by atoms with Gasteiger partial charge in [-0.05, 0) is 17.4 Å². The van der Waals surface area contributed by atoms with Crippen LogP contribution in [0.5, 0.6) is 0 Å². The zero-order valence-electron chi connectivity index (χ0n) is 14.3. The summed E-state index contributed by atoms with van der Waals surface area (Å²) in [5.74, 6) is 1.09. The van der Waals surface area contributed by atoms with Gasteiger partial charge in [-0.3, -0.25) is 4.79 Å². The minimum absolute atomic E-state index is 0.0202. The first kappa shape index (κ1) is 17.2. The monoisotopic (exact) mass is 315 g/mol. The minimum Gasteiger partial charge on any atom is -0.342 e. The smallest absolute Gasteiger partial charge is 0.226 e. The molecule has 1 aromatic heterocycles. The van der Waals surface area contributed by atoms with E-state index in [9.17, 15) is 4.79 Å². The molecule has 0 aliphatic carbocycles. The molecule has 0 saturated heterocycles. The van der Waals surface area contributed by atoms with Gasteiger partial charge in [0, 0.05) is 12.8 Å². The van der Waals surface area contributed by atoms with Crippen molar-refractivity contribution in [3.63, 3.8) is 0 Å². The van der Waals surface area contributed by atoms with E-state index in [0.717, 1.165) is 18.4 Å². The molecule has 1 heterocycles. The Balaban J connectivity index is 2.23. The third kappa shape index (κ3) is 5.20. The van der Waals surface area contributed by atoms with Crippen LogP contribution in [0.2, 0.25) is 0 Å². The number of rotatable bonds is 6. The summed E-state index contributed by atoms with van der Waals surface area (Å²) in [6.07, 6.45) is 2.12. The minimum atomic E-state index is -0.389. The van der Waals surface area contributed by atoms with E-state index in [0.29, 0.717) is 18.1 Å². The van der Waals surface area contributed by atoms with Gasteiger partial charge >= 0.3 is 0 Å². The van der Waals surface area contributed by atoms with Crippen LogP contribution in [0, 0.1) is 5.41 Å². The molecule has 0 saturated carbocycles. The molecule has 1 atom stereocenters. The Morgan fingerprint density at radius 2 is 1.96 bits per heavy atom. The van der Waals surface area contributed by atoms with Gasteiger partial charge in [-0.25, -0.2) is 0 Å². The maximum absolute atomic E-state index is 12.4. The largest absolute Gasteiger partial charge is 0.342 e. The van der Waals surface area contributed by atoms with E-state index in [2.05, 4.69) is 22.4 Å². The van der Waals surface area contributed by atoms with Gasteiger partial charge in [-0.15, -0.1) is 0 Å². The first-order valence-corrected chi connectivity index (χ1v) is 8.06. The van der Waals surface area contributed by atoms with E-state index in [1.54, 1.807) is 0 Å². The highest BCUT2D eigenvalue weighted by molar-refractivity contribution is 5.77. The molecule has 23 heavy (non-hydrogen) atoms. The molecule has 0 unspecified atom stereocenters. The van der Waals surface area contributed by atoms with E-state index in [1.807, 2.05) is 51.1 Å². The van der Waals surface area contributed by atoms with Crippen molar-refractivity contribution in [3.8, 4) is 0 Å². The molecule has 5 nitrogen and oxygen atoms in total. The number of aromatic nitrogens is 2. The van der Waals surface area contributed by atoms with Crippen LogP contribution in [0.3, 0.4) is 0 Å². The predicted molar refractivity (Wildman–Crippen MR) is 88.8 cm³/mol. The Morgan fingerprint density at radius 1 is 1.26 bits per heavy atom. The zero-order chi connectivity index (χ0) is 16.9. The summed E-state index contributed by atoms with van der Waals surface area (Å²) in [7, 11) is 0. The van der Waals surface area contributed by atoms with Crippen LogP contribution in [0.25, 0.3) is 0 Å². The number of carbonyl (C=O) groups excluding carboxylic acids is 1. The van der Waals surface area contributed by atoms with Gasteiger partial charge in [0.15, 0.2) is 5.82 Å². The lowest BCUT2D eigenvalue weighted by Gasteiger charge is -2.21. The van der Waals surface area contributed by atoms with Crippen LogP contribution in [-0.4, -0.2) is 16.0 Å². The van der Waals surface area contributed by atoms with Gasteiger partial charge < -0.3 is 9.84 Å². The van der Waals surface area contributed by atoms with Crippen molar-refractivity contribution in [2.45, 2.75) is 53.0 Å². The van der Waals surface area contributed by atoms with E-state index in [1.165, 1.54) is 0 Å². The fraction of sp³-hybridized carbons (Fsp3) is 0.500. The summed E-state index contributed by atoms with van der Waals surface area (Å²) in [6, 6.07) is 9.34. The van der Waals surface area contributed by atoms with Gasteiger partial charge in [-0.1, -0.05) is 63.2 Å². The molecule has 0 fully saturated rings. The molecule has 5 heteroatoms. The topological polar surface area (TPSA) is 68.0 Å². The summed E-state index contributed by atoms with van der Waals surface area (Å²) in [5.41, 5.74) is 0.870. The Labute approximate surface area is 137 Å². The fourth-order valence-corrected chi connectivity index (χ4v) is 2.34. The number of benzene rings is 1. The van der Waals surface area contributed by atoms with Crippen molar-refractivity contribution < 1.29 is 9.32 Å². The Bertz CT molecular complexity index is 629. The van der Waals surface area contributed by atoms with Crippen LogP contribution in [0.1, 0.15) is 63.9 Å². The third-order valence-corrected chi connectivity index (χ3v) is 3.33. The maximum Gasteiger partial charge on any atom is 0.226 e. The van der Waals surface area contributed by atoms with Crippen LogP contribution >= 0.6 is 0 Å². The molecule has 1 amide bonds. The maximum atomic E-state index is 12.4. The van der Waals surface area contributed by atoms with Crippen molar-refractivity contribution in [2.24, 2.45) is 5.41 Å². The average Bonchev–Trinajstić information content (AvgIpc) is 2.93. The summed E-state index contributed by atoms with van der Waals surface area (Å²) in [6.45, 7) is 8.18. The van der Waals surface area contributed by atoms with Gasteiger partial charge in [-0.2, -0.15) is 4.98 Å². The predicted octanol–water partition coefficient (Wildman–Crippen LogP) is 3.66. The molecular formula is C18H25N3O2. The highest BCUT2D eigenvalue weighted by atomic mass is 16.5. The van der Waals surface area contributed by atoms with Crippen molar-refractivity contribution in [1.82, 2.24) is 15.5 Å². The summed E-state index contributed by atoms with van der Waals surface area (Å²) in [5, 5.41) is 7.10. The first-order chi connectivity index (χ1) is 10.9. The molecule has 2 aromatic rings. The SMILES string of the molecule is CCCc1nc([C@@H](NC(=O)CC(C)(C)C)c2ccccc2)no1. The summed E-state index contributed by atoms with van der Waals surface area (Å²) >= 11 is 0. The van der Waals surface area contributed by atoms with E-state index >= 15 is 0 Å². The van der Waals surface area contributed by atoms with Crippen molar-refractivity contribution >= 4 is 5.91 Å². The lowest BCUT2D eigenvalue weighted by Crippen LogP contribution is -2.32. The van der Waals surface area contributed by atoms with E-state index in [-0.39, 0.29) is 17.4 Å². The molecule has 0 aliphatic heterocycles. The second-order valence-corrected chi connectivity index (χ2v) is 6.94. The Hall–Kier alpha value is -2.17. The lowest BCUT2D eigenvalue weighted by atomic mass is 9.91. The second-order valence-electron chi connectivity index (χ2n) is 6.94. The number of amides is 1. The van der Waals surface area contributed by atoms with Crippen LogP contribution in [-0.2, 0) is 11.2 Å². The van der Waals surface area contributed by atoms with Gasteiger partial charge in [0.2, 0.25) is 11.8 Å². The molecule has 0 radical (unpaired) electrons.